The Morgan fingerprint density at radius 2 is 1.90 bits per heavy atom. The second-order valence-corrected chi connectivity index (χ2v) is 4.95. The van der Waals surface area contributed by atoms with Crippen molar-refractivity contribution in [3.05, 3.63) is 30.3 Å². The Labute approximate surface area is 141 Å². The number of nitrogens with two attached hydrogens (primary N) is 1. The average Bonchev–Trinajstić information content (AvgIpc) is 2.38. The smallest absolute Gasteiger partial charge is 0.322 e. The molecule has 2 rings (SSSR count). The number of hydrogen-bond acceptors (Lipinski definition) is 3. The van der Waals surface area contributed by atoms with E-state index >= 15 is 0 Å². The van der Waals surface area contributed by atoms with Crippen LogP contribution in [0.2, 0.25) is 0 Å². The van der Waals surface area contributed by atoms with E-state index in [0.717, 1.165) is 0 Å². The van der Waals surface area contributed by atoms with Crippen LogP contribution in [0, 0.1) is 0 Å². The first-order valence-electron chi connectivity index (χ1n) is 6.56. The van der Waals surface area contributed by atoms with Gasteiger partial charge >= 0.3 is 6.03 Å². The summed E-state index contributed by atoms with van der Waals surface area (Å²) in [4.78, 5) is 25.3. The molecule has 1 heterocycles. The molecule has 0 spiro atoms. The van der Waals surface area contributed by atoms with Crippen LogP contribution < -0.4 is 11.1 Å². The Kier molecular flexibility index (Phi) is 6.41. The molecule has 0 saturated carbocycles. The predicted molar refractivity (Wildman–Crippen MR) is 90.6 cm³/mol. The van der Waals surface area contributed by atoms with E-state index in [1.54, 1.807) is 19.1 Å². The topological polar surface area (TPSA) is 84.7 Å². The lowest BCUT2D eigenvalue weighted by Crippen LogP contribution is -2.61. The van der Waals surface area contributed by atoms with E-state index in [4.69, 9.17) is 10.5 Å². The summed E-state index contributed by atoms with van der Waals surface area (Å²) in [5.74, 6) is -0.562. The first-order chi connectivity index (χ1) is 9.49. The Bertz CT molecular complexity index is 497. The van der Waals surface area contributed by atoms with E-state index in [1.807, 2.05) is 25.1 Å². The molecule has 3 unspecified atom stereocenters. The predicted octanol–water partition coefficient (Wildman–Crippen LogP) is 1.80. The minimum absolute atomic E-state index is 0. The van der Waals surface area contributed by atoms with Crippen molar-refractivity contribution in [1.29, 1.82) is 0 Å². The van der Waals surface area contributed by atoms with Crippen LogP contribution in [0.5, 0.6) is 0 Å². The zero-order chi connectivity index (χ0) is 14.7. The lowest BCUT2D eigenvalue weighted by Gasteiger charge is -2.40. The van der Waals surface area contributed by atoms with E-state index in [9.17, 15) is 9.59 Å². The van der Waals surface area contributed by atoms with Crippen molar-refractivity contribution in [2.75, 3.05) is 11.9 Å². The highest BCUT2D eigenvalue weighted by molar-refractivity contribution is 14.0. The Hall–Kier alpha value is -1.35. The fraction of sp³-hybridized carbons (Fsp3) is 0.429. The number of amides is 3. The minimum atomic E-state index is -0.755. The molecule has 1 aliphatic rings. The molecular weight excluding hydrogens is 385 g/mol. The van der Waals surface area contributed by atoms with Gasteiger partial charge in [0.25, 0.3) is 0 Å². The minimum Gasteiger partial charge on any atom is -0.371 e. The molecule has 1 aliphatic heterocycles. The maximum Gasteiger partial charge on any atom is 0.322 e. The summed E-state index contributed by atoms with van der Waals surface area (Å²) in [5, 5.41) is 2.76. The number of rotatable bonds is 2. The number of carbonyl (C=O) groups is 2. The van der Waals surface area contributed by atoms with E-state index in [-0.39, 0.29) is 36.1 Å². The molecule has 3 atom stereocenters. The van der Waals surface area contributed by atoms with Crippen molar-refractivity contribution in [2.24, 2.45) is 5.73 Å². The molecule has 116 valence electrons. The van der Waals surface area contributed by atoms with Gasteiger partial charge in [-0.3, -0.25) is 4.79 Å². The van der Waals surface area contributed by atoms with Gasteiger partial charge in [-0.2, -0.15) is 0 Å². The summed E-state index contributed by atoms with van der Waals surface area (Å²) in [6.07, 6.45) is -0.556. The first kappa shape index (κ1) is 17.7. The van der Waals surface area contributed by atoms with Crippen molar-refractivity contribution < 1.29 is 14.3 Å². The lowest BCUT2D eigenvalue weighted by molar-refractivity contribution is -0.138. The number of primary amides is 1. The average molecular weight is 405 g/mol. The number of morpholine rings is 1. The molecular formula is C14H20IN3O3. The SMILES string of the molecule is CC1CN(C(=O)Nc2ccccc2)C(C(N)=O)C(C)O1.I. The number of hydrogen-bond donors (Lipinski definition) is 2. The number of anilines is 1. The highest BCUT2D eigenvalue weighted by Gasteiger charge is 2.39. The molecule has 3 amide bonds. The van der Waals surface area contributed by atoms with E-state index in [2.05, 4.69) is 5.32 Å². The van der Waals surface area contributed by atoms with Crippen molar-refractivity contribution in [1.82, 2.24) is 4.90 Å². The van der Waals surface area contributed by atoms with Gasteiger partial charge in [-0.05, 0) is 26.0 Å². The van der Waals surface area contributed by atoms with Crippen LogP contribution in [-0.2, 0) is 9.53 Å². The first-order valence-corrected chi connectivity index (χ1v) is 6.56. The van der Waals surface area contributed by atoms with Gasteiger partial charge in [0.05, 0.1) is 12.2 Å². The number of para-hydroxylation sites is 1. The van der Waals surface area contributed by atoms with Crippen LogP contribution in [0.3, 0.4) is 0 Å². The number of halogens is 1. The fourth-order valence-corrected chi connectivity index (χ4v) is 2.44. The van der Waals surface area contributed by atoms with E-state index < -0.39 is 18.1 Å². The number of nitrogens with one attached hydrogen (secondary N) is 1. The number of carbonyl (C=O) groups excluding carboxylic acids is 2. The van der Waals surface area contributed by atoms with Gasteiger partial charge in [0.15, 0.2) is 0 Å². The van der Waals surface area contributed by atoms with Gasteiger partial charge in [0.2, 0.25) is 5.91 Å². The third kappa shape index (κ3) is 4.31. The normalized spacial score (nSPS) is 24.9. The molecule has 7 heteroatoms. The summed E-state index contributed by atoms with van der Waals surface area (Å²) >= 11 is 0. The largest absolute Gasteiger partial charge is 0.371 e. The van der Waals surface area contributed by atoms with Crippen molar-refractivity contribution in [3.63, 3.8) is 0 Å². The standard InChI is InChI=1S/C14H19N3O3.HI/c1-9-8-17(12(13(15)18)10(2)20-9)14(19)16-11-6-4-3-5-7-11;/h3-7,9-10,12H,8H2,1-2H3,(H2,15,18)(H,16,19);1H. The van der Waals surface area contributed by atoms with Gasteiger partial charge < -0.3 is 20.7 Å². The molecule has 0 bridgehead atoms. The summed E-state index contributed by atoms with van der Waals surface area (Å²) in [7, 11) is 0. The highest BCUT2D eigenvalue weighted by atomic mass is 127. The lowest BCUT2D eigenvalue weighted by atomic mass is 10.1. The fourth-order valence-electron chi connectivity index (χ4n) is 2.44. The summed E-state index contributed by atoms with van der Waals surface area (Å²) in [6, 6.07) is 7.98. The summed E-state index contributed by atoms with van der Waals surface area (Å²) < 4.78 is 5.57. The van der Waals surface area contributed by atoms with Crippen LogP contribution in [0.1, 0.15) is 13.8 Å². The van der Waals surface area contributed by atoms with Gasteiger partial charge in [0.1, 0.15) is 6.04 Å². The second kappa shape index (κ2) is 7.60. The summed E-state index contributed by atoms with van der Waals surface area (Å²) in [6.45, 7) is 3.93. The molecule has 6 nitrogen and oxygen atoms in total. The van der Waals surface area contributed by atoms with Crippen molar-refractivity contribution in [3.8, 4) is 0 Å². The van der Waals surface area contributed by atoms with Crippen molar-refractivity contribution >= 4 is 41.6 Å². The maximum atomic E-state index is 12.3. The molecule has 1 saturated heterocycles. The van der Waals surface area contributed by atoms with E-state index in [1.165, 1.54) is 4.90 Å². The van der Waals surface area contributed by atoms with Crippen LogP contribution >= 0.6 is 24.0 Å². The highest BCUT2D eigenvalue weighted by Crippen LogP contribution is 2.19. The zero-order valence-electron chi connectivity index (χ0n) is 12.0. The number of benzene rings is 1. The number of ether oxygens (including phenoxy) is 1. The van der Waals surface area contributed by atoms with Crippen LogP contribution in [0.25, 0.3) is 0 Å². The van der Waals surface area contributed by atoms with Gasteiger partial charge in [-0.1, -0.05) is 18.2 Å². The van der Waals surface area contributed by atoms with Crippen LogP contribution in [0.15, 0.2) is 30.3 Å². The Balaban J connectivity index is 0.00000220. The molecule has 1 aromatic carbocycles. The second-order valence-electron chi connectivity index (χ2n) is 4.95. The molecule has 1 fully saturated rings. The van der Waals surface area contributed by atoms with Gasteiger partial charge in [-0.25, -0.2) is 4.79 Å². The number of urea groups is 1. The van der Waals surface area contributed by atoms with E-state index in [0.29, 0.717) is 12.2 Å². The van der Waals surface area contributed by atoms with Crippen molar-refractivity contribution in [2.45, 2.75) is 32.1 Å². The molecule has 21 heavy (non-hydrogen) atoms. The quantitative estimate of drug-likeness (QED) is 0.736. The maximum absolute atomic E-state index is 12.3. The molecule has 3 N–H and O–H groups in total. The number of nitrogens with zero attached hydrogens (tertiary/aromatic N) is 1. The summed E-state index contributed by atoms with van der Waals surface area (Å²) in [5.41, 5.74) is 6.06. The third-order valence-corrected chi connectivity index (χ3v) is 3.26. The molecule has 0 aromatic heterocycles. The van der Waals surface area contributed by atoms with Gasteiger partial charge in [0, 0.05) is 12.2 Å². The van der Waals surface area contributed by atoms with Gasteiger partial charge in [-0.15, -0.1) is 24.0 Å². The third-order valence-electron chi connectivity index (χ3n) is 3.26. The van der Waals surface area contributed by atoms with Crippen LogP contribution in [-0.4, -0.2) is 41.6 Å². The zero-order valence-corrected chi connectivity index (χ0v) is 14.3. The Morgan fingerprint density at radius 1 is 1.29 bits per heavy atom. The molecule has 1 aromatic rings. The van der Waals surface area contributed by atoms with Crippen LogP contribution in [0.4, 0.5) is 10.5 Å². The Morgan fingerprint density at radius 3 is 2.48 bits per heavy atom. The molecule has 0 aliphatic carbocycles. The monoisotopic (exact) mass is 405 g/mol. The molecule has 0 radical (unpaired) electrons.